The number of rotatable bonds is 7. The van der Waals surface area contributed by atoms with Gasteiger partial charge < -0.3 is 16.4 Å². The van der Waals surface area contributed by atoms with Gasteiger partial charge in [0.05, 0.1) is 6.54 Å². The number of guanidine groups is 1. The molecule has 2 unspecified atom stereocenters. The lowest BCUT2D eigenvalue weighted by Crippen LogP contribution is -2.49. The molecule has 0 aromatic rings. The second kappa shape index (κ2) is 12.8. The molecule has 0 spiro atoms. The summed E-state index contributed by atoms with van der Waals surface area (Å²) in [5.41, 5.74) is 5.28. The van der Waals surface area contributed by atoms with Crippen molar-refractivity contribution in [3.8, 4) is 0 Å². The molecule has 0 aromatic heterocycles. The highest BCUT2D eigenvalue weighted by Crippen LogP contribution is 2.30. The summed E-state index contributed by atoms with van der Waals surface area (Å²) < 4.78 is 0. The van der Waals surface area contributed by atoms with Gasteiger partial charge in [-0.15, -0.1) is 24.0 Å². The number of nitrogens with one attached hydrogen (secondary N) is 2. The zero-order chi connectivity index (χ0) is 18.1. The maximum atomic E-state index is 11.0. The van der Waals surface area contributed by atoms with E-state index >= 15 is 0 Å². The summed E-state index contributed by atoms with van der Waals surface area (Å²) in [5.74, 6) is 2.45. The van der Waals surface area contributed by atoms with E-state index < -0.39 is 0 Å². The van der Waals surface area contributed by atoms with Gasteiger partial charge in [-0.3, -0.25) is 14.7 Å². The van der Waals surface area contributed by atoms with Gasteiger partial charge in [0.2, 0.25) is 5.91 Å². The van der Waals surface area contributed by atoms with E-state index in [-0.39, 0.29) is 29.9 Å². The Morgan fingerprint density at radius 2 is 1.96 bits per heavy atom. The van der Waals surface area contributed by atoms with Crippen LogP contribution in [0.4, 0.5) is 0 Å². The number of primary amides is 1. The Kier molecular flexibility index (Phi) is 11.5. The molecule has 7 heteroatoms. The molecule has 1 amide bonds. The Balaban J connectivity index is 0.00000338. The number of likely N-dealkylation sites (tertiary alicyclic amines) is 1. The Labute approximate surface area is 176 Å². The standard InChI is InChI=1S/C19H37N5O.HI/c1-3-21-19(22-10-7-16-6-4-5-15(2)13-16)23-17-8-11-24(12-9-17)14-18(20)25;/h15-17H,3-14H2,1-2H3,(H2,20,25)(H2,21,22,23);1H. The second-order valence-electron chi connectivity index (χ2n) is 7.85. The third-order valence-corrected chi connectivity index (χ3v) is 5.50. The molecule has 152 valence electrons. The van der Waals surface area contributed by atoms with Crippen LogP contribution >= 0.6 is 24.0 Å². The van der Waals surface area contributed by atoms with E-state index in [1.165, 1.54) is 32.1 Å². The van der Waals surface area contributed by atoms with Gasteiger partial charge in [-0.05, 0) is 44.4 Å². The Hall–Kier alpha value is -0.570. The molecule has 1 heterocycles. The van der Waals surface area contributed by atoms with Gasteiger partial charge in [0, 0.05) is 32.2 Å². The lowest BCUT2D eigenvalue weighted by molar-refractivity contribution is -0.119. The summed E-state index contributed by atoms with van der Waals surface area (Å²) in [6, 6.07) is 0.427. The number of halogens is 1. The van der Waals surface area contributed by atoms with Crippen molar-refractivity contribution in [2.24, 2.45) is 22.6 Å². The molecule has 0 aromatic carbocycles. The molecular weight excluding hydrogens is 441 g/mol. The van der Waals surface area contributed by atoms with Crippen LogP contribution in [0.25, 0.3) is 0 Å². The highest BCUT2D eigenvalue weighted by molar-refractivity contribution is 14.0. The zero-order valence-electron chi connectivity index (χ0n) is 16.5. The largest absolute Gasteiger partial charge is 0.369 e. The maximum absolute atomic E-state index is 11.0. The number of nitrogens with two attached hydrogens (primary N) is 1. The SMILES string of the molecule is CCNC(=NCCC1CCCC(C)C1)NC1CCN(CC(N)=O)CC1.I. The first-order valence-corrected chi connectivity index (χ1v) is 10.1. The molecule has 26 heavy (non-hydrogen) atoms. The number of nitrogens with zero attached hydrogens (tertiary/aromatic N) is 2. The number of carbonyl (C=O) groups excluding carboxylic acids is 1. The summed E-state index contributed by atoms with van der Waals surface area (Å²) in [5, 5.41) is 6.94. The molecule has 2 rings (SSSR count). The number of aliphatic imine (C=N–C) groups is 1. The Morgan fingerprint density at radius 3 is 2.58 bits per heavy atom. The van der Waals surface area contributed by atoms with Crippen molar-refractivity contribution in [1.29, 1.82) is 0 Å². The van der Waals surface area contributed by atoms with Gasteiger partial charge in [0.1, 0.15) is 0 Å². The predicted molar refractivity (Wildman–Crippen MR) is 119 cm³/mol. The van der Waals surface area contributed by atoms with E-state index in [1.54, 1.807) is 0 Å². The second-order valence-corrected chi connectivity index (χ2v) is 7.85. The third-order valence-electron chi connectivity index (χ3n) is 5.50. The summed E-state index contributed by atoms with van der Waals surface area (Å²) in [6.45, 7) is 8.49. The molecule has 0 bridgehead atoms. The van der Waals surface area contributed by atoms with E-state index in [0.29, 0.717) is 12.6 Å². The molecule has 2 fully saturated rings. The van der Waals surface area contributed by atoms with Crippen molar-refractivity contribution in [2.45, 2.75) is 64.8 Å². The van der Waals surface area contributed by atoms with Crippen LogP contribution in [0.2, 0.25) is 0 Å². The van der Waals surface area contributed by atoms with E-state index in [9.17, 15) is 4.79 Å². The van der Waals surface area contributed by atoms with Crippen LogP contribution in [0, 0.1) is 11.8 Å². The van der Waals surface area contributed by atoms with Gasteiger partial charge >= 0.3 is 0 Å². The number of piperidine rings is 1. The first kappa shape index (κ1) is 23.5. The molecule has 2 atom stereocenters. The van der Waals surface area contributed by atoms with Gasteiger partial charge in [0.15, 0.2) is 5.96 Å². The Bertz CT molecular complexity index is 438. The monoisotopic (exact) mass is 479 g/mol. The van der Waals surface area contributed by atoms with Crippen LogP contribution in [0.15, 0.2) is 4.99 Å². The van der Waals surface area contributed by atoms with Gasteiger partial charge in [-0.25, -0.2) is 0 Å². The minimum atomic E-state index is -0.238. The van der Waals surface area contributed by atoms with Crippen LogP contribution in [-0.4, -0.2) is 55.5 Å². The average molecular weight is 479 g/mol. The molecule has 1 saturated carbocycles. The van der Waals surface area contributed by atoms with Gasteiger partial charge in [0.25, 0.3) is 0 Å². The molecule has 2 aliphatic rings. The van der Waals surface area contributed by atoms with E-state index in [0.717, 1.165) is 56.8 Å². The van der Waals surface area contributed by atoms with E-state index in [4.69, 9.17) is 10.7 Å². The number of hydrogen-bond donors (Lipinski definition) is 3. The zero-order valence-corrected chi connectivity index (χ0v) is 18.8. The van der Waals surface area contributed by atoms with Crippen molar-refractivity contribution in [1.82, 2.24) is 15.5 Å². The van der Waals surface area contributed by atoms with E-state index in [1.807, 2.05) is 0 Å². The smallest absolute Gasteiger partial charge is 0.231 e. The molecule has 1 saturated heterocycles. The number of hydrogen-bond acceptors (Lipinski definition) is 3. The minimum absolute atomic E-state index is 0. The lowest BCUT2D eigenvalue weighted by atomic mass is 9.81. The van der Waals surface area contributed by atoms with Gasteiger partial charge in [-0.2, -0.15) is 0 Å². The van der Waals surface area contributed by atoms with E-state index in [2.05, 4.69) is 29.4 Å². The predicted octanol–water partition coefficient (Wildman–Crippen LogP) is 2.33. The van der Waals surface area contributed by atoms with Crippen molar-refractivity contribution >= 4 is 35.8 Å². The third kappa shape index (κ3) is 8.88. The molecule has 6 nitrogen and oxygen atoms in total. The van der Waals surface area contributed by atoms with Crippen LogP contribution in [0.1, 0.15) is 58.8 Å². The fourth-order valence-electron chi connectivity index (χ4n) is 4.15. The maximum Gasteiger partial charge on any atom is 0.231 e. The highest BCUT2D eigenvalue weighted by atomic mass is 127. The van der Waals surface area contributed by atoms with Crippen LogP contribution in [0.5, 0.6) is 0 Å². The fourth-order valence-corrected chi connectivity index (χ4v) is 4.15. The summed E-state index contributed by atoms with van der Waals surface area (Å²) in [6.07, 6.45) is 8.80. The average Bonchev–Trinajstić information content (AvgIpc) is 2.56. The quantitative estimate of drug-likeness (QED) is 0.298. The van der Waals surface area contributed by atoms with Crippen molar-refractivity contribution in [3.63, 3.8) is 0 Å². The van der Waals surface area contributed by atoms with Crippen molar-refractivity contribution in [2.75, 3.05) is 32.7 Å². The lowest BCUT2D eigenvalue weighted by Gasteiger charge is -2.32. The molecule has 1 aliphatic carbocycles. The Morgan fingerprint density at radius 1 is 1.23 bits per heavy atom. The highest BCUT2D eigenvalue weighted by Gasteiger charge is 2.21. The minimum Gasteiger partial charge on any atom is -0.369 e. The first-order chi connectivity index (χ1) is 12.1. The molecule has 0 radical (unpaired) electrons. The number of amides is 1. The number of carbonyl (C=O) groups is 1. The summed E-state index contributed by atoms with van der Waals surface area (Å²) in [7, 11) is 0. The topological polar surface area (TPSA) is 82.8 Å². The van der Waals surface area contributed by atoms with Crippen molar-refractivity contribution < 1.29 is 4.79 Å². The van der Waals surface area contributed by atoms with Crippen molar-refractivity contribution in [3.05, 3.63) is 0 Å². The summed E-state index contributed by atoms with van der Waals surface area (Å²) >= 11 is 0. The molecular formula is C19H38IN5O. The van der Waals surface area contributed by atoms with Crippen LogP contribution in [-0.2, 0) is 4.79 Å². The molecule has 1 aliphatic heterocycles. The molecule has 4 N–H and O–H groups in total. The van der Waals surface area contributed by atoms with Gasteiger partial charge in [-0.1, -0.05) is 26.2 Å². The summed E-state index contributed by atoms with van der Waals surface area (Å²) in [4.78, 5) is 18.0. The first-order valence-electron chi connectivity index (χ1n) is 10.1. The fraction of sp³-hybridized carbons (Fsp3) is 0.895. The normalized spacial score (nSPS) is 25.4. The van der Waals surface area contributed by atoms with Crippen LogP contribution in [0.3, 0.4) is 0 Å². The van der Waals surface area contributed by atoms with Crippen LogP contribution < -0.4 is 16.4 Å².